The van der Waals surface area contributed by atoms with Crippen LogP contribution in [0, 0.1) is 0 Å². The maximum atomic E-state index is 11.0. The van der Waals surface area contributed by atoms with Crippen LogP contribution >= 0.6 is 0 Å². The van der Waals surface area contributed by atoms with Crippen LogP contribution in [0.15, 0.2) is 91.3 Å². The summed E-state index contributed by atoms with van der Waals surface area (Å²) in [7, 11) is 0. The van der Waals surface area contributed by atoms with Gasteiger partial charge in [0.1, 0.15) is 11.6 Å². The van der Waals surface area contributed by atoms with Crippen LogP contribution in [0.25, 0.3) is 16.7 Å². The first-order valence-electron chi connectivity index (χ1n) is 12.4. The van der Waals surface area contributed by atoms with Crippen LogP contribution in [0.2, 0.25) is 0 Å². The van der Waals surface area contributed by atoms with Crippen LogP contribution in [0.3, 0.4) is 0 Å². The molecular formula is C32H43NO2. The molecule has 2 rings (SSSR count). The summed E-state index contributed by atoms with van der Waals surface area (Å²) in [6, 6.07) is 12.4. The Bertz CT molecular complexity index is 976. The zero-order chi connectivity index (χ0) is 26.6. The fraction of sp³-hybridized carbons (Fsp3) is 0.344. The SMILES string of the molecule is C=C/C(=C\C(=C/C)CCCCCC(C)=O)C(=C)c1ccc(-c2cccnc2)cc1.CC.CC(C)=O. The molecule has 0 aliphatic carbocycles. The summed E-state index contributed by atoms with van der Waals surface area (Å²) in [5.74, 6) is 0.441. The second kappa shape index (κ2) is 19.0. The molecule has 0 spiro atoms. The molecule has 0 atom stereocenters. The van der Waals surface area contributed by atoms with E-state index in [-0.39, 0.29) is 11.6 Å². The first-order valence-corrected chi connectivity index (χ1v) is 12.4. The van der Waals surface area contributed by atoms with E-state index in [1.54, 1.807) is 13.1 Å². The van der Waals surface area contributed by atoms with Gasteiger partial charge in [-0.1, -0.05) is 87.6 Å². The molecule has 188 valence electrons. The predicted octanol–water partition coefficient (Wildman–Crippen LogP) is 8.98. The van der Waals surface area contributed by atoms with Crippen molar-refractivity contribution in [3.63, 3.8) is 0 Å². The maximum Gasteiger partial charge on any atom is 0.129 e. The van der Waals surface area contributed by atoms with Gasteiger partial charge in [0.25, 0.3) is 0 Å². The second-order valence-electron chi connectivity index (χ2n) is 8.14. The molecule has 0 N–H and O–H groups in total. The Labute approximate surface area is 213 Å². The van der Waals surface area contributed by atoms with Gasteiger partial charge in [-0.05, 0) is 80.9 Å². The van der Waals surface area contributed by atoms with Crippen LogP contribution in [0.5, 0.6) is 0 Å². The molecule has 3 heteroatoms. The number of Topliss-reactive ketones (excluding diaryl/α,β-unsaturated/α-hetero) is 2. The van der Waals surface area contributed by atoms with Crippen molar-refractivity contribution in [3.05, 3.63) is 96.9 Å². The molecule has 2 aromatic rings. The van der Waals surface area contributed by atoms with Crippen molar-refractivity contribution < 1.29 is 9.59 Å². The van der Waals surface area contributed by atoms with Gasteiger partial charge in [-0.25, -0.2) is 0 Å². The van der Waals surface area contributed by atoms with Crippen molar-refractivity contribution in [2.45, 2.75) is 73.6 Å². The summed E-state index contributed by atoms with van der Waals surface area (Å²) in [6.07, 6.45) is 14.7. The van der Waals surface area contributed by atoms with E-state index in [1.807, 2.05) is 32.2 Å². The van der Waals surface area contributed by atoms with E-state index in [1.165, 1.54) is 19.4 Å². The van der Waals surface area contributed by atoms with Crippen LogP contribution in [0.4, 0.5) is 0 Å². The van der Waals surface area contributed by atoms with Gasteiger partial charge in [-0.3, -0.25) is 4.98 Å². The van der Waals surface area contributed by atoms with E-state index >= 15 is 0 Å². The number of allylic oxidation sites excluding steroid dienone is 6. The number of rotatable bonds is 11. The van der Waals surface area contributed by atoms with E-state index in [0.29, 0.717) is 6.42 Å². The van der Waals surface area contributed by atoms with Gasteiger partial charge in [-0.15, -0.1) is 0 Å². The number of carbonyl (C=O) groups is 2. The molecule has 35 heavy (non-hydrogen) atoms. The Hall–Kier alpha value is -3.33. The third-order valence-electron chi connectivity index (χ3n) is 5.00. The quantitative estimate of drug-likeness (QED) is 0.242. The minimum Gasteiger partial charge on any atom is -0.300 e. The minimum atomic E-state index is 0.167. The highest BCUT2D eigenvalue weighted by atomic mass is 16.1. The molecule has 3 nitrogen and oxygen atoms in total. The number of unbranched alkanes of at least 4 members (excludes halogenated alkanes) is 2. The number of hydrogen-bond donors (Lipinski definition) is 0. The summed E-state index contributed by atoms with van der Waals surface area (Å²) >= 11 is 0. The van der Waals surface area contributed by atoms with Crippen molar-refractivity contribution in [3.8, 4) is 11.1 Å². The highest BCUT2D eigenvalue weighted by molar-refractivity contribution is 5.81. The van der Waals surface area contributed by atoms with E-state index in [0.717, 1.165) is 53.5 Å². The molecule has 0 saturated heterocycles. The van der Waals surface area contributed by atoms with Gasteiger partial charge in [0, 0.05) is 18.8 Å². The summed E-state index contributed by atoms with van der Waals surface area (Å²) < 4.78 is 0. The Morgan fingerprint density at radius 1 is 0.914 bits per heavy atom. The summed E-state index contributed by atoms with van der Waals surface area (Å²) in [6.45, 7) is 19.1. The van der Waals surface area contributed by atoms with Crippen LogP contribution in [0.1, 0.15) is 79.2 Å². The summed E-state index contributed by atoms with van der Waals surface area (Å²) in [5, 5.41) is 0. The van der Waals surface area contributed by atoms with E-state index in [9.17, 15) is 9.59 Å². The fourth-order valence-corrected chi connectivity index (χ4v) is 3.21. The van der Waals surface area contributed by atoms with E-state index in [4.69, 9.17) is 0 Å². The van der Waals surface area contributed by atoms with Crippen molar-refractivity contribution in [2.24, 2.45) is 0 Å². The smallest absolute Gasteiger partial charge is 0.129 e. The normalized spacial score (nSPS) is 10.8. The highest BCUT2D eigenvalue weighted by Crippen LogP contribution is 2.27. The first kappa shape index (κ1) is 31.7. The van der Waals surface area contributed by atoms with Gasteiger partial charge in [0.15, 0.2) is 0 Å². The van der Waals surface area contributed by atoms with Crippen molar-refractivity contribution in [1.82, 2.24) is 4.98 Å². The van der Waals surface area contributed by atoms with Gasteiger partial charge in [0.05, 0.1) is 0 Å². The molecule has 0 bridgehead atoms. The van der Waals surface area contributed by atoms with Crippen LogP contribution in [-0.2, 0) is 9.59 Å². The van der Waals surface area contributed by atoms with Crippen molar-refractivity contribution in [2.75, 3.05) is 0 Å². The molecule has 0 radical (unpaired) electrons. The Morgan fingerprint density at radius 2 is 1.51 bits per heavy atom. The zero-order valence-corrected chi connectivity index (χ0v) is 22.6. The average Bonchev–Trinajstić information content (AvgIpc) is 2.86. The summed E-state index contributed by atoms with van der Waals surface area (Å²) in [4.78, 5) is 24.7. The topological polar surface area (TPSA) is 47.0 Å². The average molecular weight is 474 g/mol. The summed E-state index contributed by atoms with van der Waals surface area (Å²) in [5.41, 5.74) is 6.60. The molecule has 0 aliphatic heterocycles. The molecule has 0 aliphatic rings. The third kappa shape index (κ3) is 13.8. The van der Waals surface area contributed by atoms with E-state index < -0.39 is 0 Å². The number of benzene rings is 1. The molecule has 0 saturated carbocycles. The molecule has 1 aromatic heterocycles. The lowest BCUT2D eigenvalue weighted by molar-refractivity contribution is -0.117. The number of ketones is 2. The molecule has 0 amide bonds. The molecule has 1 aromatic carbocycles. The van der Waals surface area contributed by atoms with Crippen molar-refractivity contribution in [1.29, 1.82) is 0 Å². The number of pyridine rings is 1. The minimum absolute atomic E-state index is 0.167. The van der Waals surface area contributed by atoms with Gasteiger partial charge < -0.3 is 9.59 Å². The number of hydrogen-bond acceptors (Lipinski definition) is 3. The second-order valence-corrected chi connectivity index (χ2v) is 8.14. The number of nitrogens with zero attached hydrogens (tertiary/aromatic N) is 1. The van der Waals surface area contributed by atoms with Crippen molar-refractivity contribution >= 4 is 17.1 Å². The molecular weight excluding hydrogens is 430 g/mol. The third-order valence-corrected chi connectivity index (χ3v) is 5.00. The lowest BCUT2D eigenvalue weighted by Gasteiger charge is -2.11. The van der Waals surface area contributed by atoms with Gasteiger partial charge >= 0.3 is 0 Å². The highest BCUT2D eigenvalue weighted by Gasteiger charge is 2.06. The molecule has 0 unspecified atom stereocenters. The predicted molar refractivity (Wildman–Crippen MR) is 152 cm³/mol. The Balaban J connectivity index is 0.00000174. The Kier molecular flexibility index (Phi) is 17.2. The molecule has 1 heterocycles. The lowest BCUT2D eigenvalue weighted by Crippen LogP contribution is -1.91. The maximum absolute atomic E-state index is 11.0. The van der Waals surface area contributed by atoms with Gasteiger partial charge in [-0.2, -0.15) is 0 Å². The molecule has 0 fully saturated rings. The van der Waals surface area contributed by atoms with E-state index in [2.05, 4.69) is 67.5 Å². The lowest BCUT2D eigenvalue weighted by atomic mass is 9.94. The first-order chi connectivity index (χ1) is 16.8. The fourth-order valence-electron chi connectivity index (χ4n) is 3.21. The number of aromatic nitrogens is 1. The standard InChI is InChI=1S/C27H31NO.C3H6O.C2H6/c1-5-23(12-9-7-8-11-21(3)29)19-24(6-2)22(4)25-14-16-26(17-15-25)27-13-10-18-28-20-27;1-3(2)4;1-2/h5-6,10,13-20H,2,4,7-9,11-12H2,1,3H3;1-2H3;1-2H3/b23-5-,24-19+;;. The Morgan fingerprint density at radius 3 is 2.00 bits per heavy atom. The van der Waals surface area contributed by atoms with Crippen LogP contribution < -0.4 is 0 Å². The number of carbonyl (C=O) groups excluding carboxylic acids is 2. The largest absolute Gasteiger partial charge is 0.300 e. The zero-order valence-electron chi connectivity index (χ0n) is 22.6. The van der Waals surface area contributed by atoms with Crippen LogP contribution in [-0.4, -0.2) is 16.6 Å². The van der Waals surface area contributed by atoms with Gasteiger partial charge in [0.2, 0.25) is 0 Å². The monoisotopic (exact) mass is 473 g/mol.